The molecule has 0 bridgehead atoms. The highest BCUT2D eigenvalue weighted by molar-refractivity contribution is 7.92. The Hall–Kier alpha value is -1.47. The van der Waals surface area contributed by atoms with Crippen molar-refractivity contribution in [2.24, 2.45) is 0 Å². The maximum absolute atomic E-state index is 11.9. The molecule has 1 rings (SSSR count). The Kier molecular flexibility index (Phi) is 6.29. The first-order valence-electron chi connectivity index (χ1n) is 6.40. The third kappa shape index (κ3) is 5.09. The first kappa shape index (κ1) is 17.6. The maximum Gasteiger partial charge on any atom is 0.407 e. The van der Waals surface area contributed by atoms with Crippen LogP contribution in [0.15, 0.2) is 18.2 Å². The molecule has 0 atom stereocenters. The Morgan fingerprint density at radius 3 is 2.67 bits per heavy atom. The quantitative estimate of drug-likeness (QED) is 0.865. The average Bonchev–Trinajstić information content (AvgIpc) is 2.37. The summed E-state index contributed by atoms with van der Waals surface area (Å²) in [5, 5.41) is 2.98. The normalized spacial score (nSPS) is 11.0. The monoisotopic (exact) mass is 334 g/mol. The number of halogens is 1. The molecule has 6 nitrogen and oxygen atoms in total. The lowest BCUT2D eigenvalue weighted by Crippen LogP contribution is -2.38. The fourth-order valence-electron chi connectivity index (χ4n) is 1.77. The molecule has 0 aromatic heterocycles. The number of carbonyl (C=O) groups excluding carboxylic acids is 1. The second-order valence-electron chi connectivity index (χ2n) is 4.37. The van der Waals surface area contributed by atoms with Crippen molar-refractivity contribution in [2.45, 2.75) is 13.8 Å². The SMILES string of the molecule is CCOC(=O)NCCN(c1cccc(Cl)c1C)S(C)(=O)=O. The predicted molar refractivity (Wildman–Crippen MR) is 83.4 cm³/mol. The maximum atomic E-state index is 11.9. The largest absolute Gasteiger partial charge is 0.450 e. The zero-order chi connectivity index (χ0) is 16.0. The molecule has 0 saturated heterocycles. The molecule has 21 heavy (non-hydrogen) atoms. The number of carbonyl (C=O) groups is 1. The number of amides is 1. The van der Waals surface area contributed by atoms with E-state index in [2.05, 4.69) is 5.32 Å². The van der Waals surface area contributed by atoms with E-state index >= 15 is 0 Å². The Morgan fingerprint density at radius 2 is 2.10 bits per heavy atom. The standard InChI is InChI=1S/C13H19ClN2O4S/c1-4-20-13(17)15-8-9-16(21(3,18)19)12-7-5-6-11(14)10(12)2/h5-7H,4,8-9H2,1-3H3,(H,15,17). The van der Waals surface area contributed by atoms with Crippen molar-refractivity contribution in [1.29, 1.82) is 0 Å². The van der Waals surface area contributed by atoms with Crippen LogP contribution in [0.1, 0.15) is 12.5 Å². The van der Waals surface area contributed by atoms with Crippen molar-refractivity contribution in [2.75, 3.05) is 30.3 Å². The van der Waals surface area contributed by atoms with E-state index in [0.717, 1.165) is 6.26 Å². The minimum Gasteiger partial charge on any atom is -0.450 e. The summed E-state index contributed by atoms with van der Waals surface area (Å²) in [5.41, 5.74) is 1.16. The second-order valence-corrected chi connectivity index (χ2v) is 6.68. The fourth-order valence-corrected chi connectivity index (χ4v) is 2.92. The molecule has 1 amide bonds. The summed E-state index contributed by atoms with van der Waals surface area (Å²) in [4.78, 5) is 11.2. The topological polar surface area (TPSA) is 75.7 Å². The minimum atomic E-state index is -3.48. The number of hydrogen-bond acceptors (Lipinski definition) is 4. The zero-order valence-electron chi connectivity index (χ0n) is 12.2. The molecule has 0 saturated carbocycles. The molecule has 0 spiro atoms. The van der Waals surface area contributed by atoms with Crippen LogP contribution < -0.4 is 9.62 Å². The summed E-state index contributed by atoms with van der Waals surface area (Å²) in [6.45, 7) is 3.93. The van der Waals surface area contributed by atoms with Gasteiger partial charge in [-0.2, -0.15) is 0 Å². The lowest BCUT2D eigenvalue weighted by Gasteiger charge is -2.24. The average molecular weight is 335 g/mol. The number of nitrogens with one attached hydrogen (secondary N) is 1. The predicted octanol–water partition coefficient (Wildman–Crippen LogP) is 2.16. The number of nitrogens with zero attached hydrogens (tertiary/aromatic N) is 1. The van der Waals surface area contributed by atoms with E-state index in [-0.39, 0.29) is 19.7 Å². The van der Waals surface area contributed by atoms with Gasteiger partial charge in [-0.3, -0.25) is 4.31 Å². The van der Waals surface area contributed by atoms with Gasteiger partial charge in [0.2, 0.25) is 10.0 Å². The van der Waals surface area contributed by atoms with Crippen molar-refractivity contribution in [3.63, 3.8) is 0 Å². The molecule has 0 heterocycles. The van der Waals surface area contributed by atoms with Gasteiger partial charge in [0.25, 0.3) is 0 Å². The van der Waals surface area contributed by atoms with Crippen LogP contribution in [0, 0.1) is 6.92 Å². The van der Waals surface area contributed by atoms with Crippen LogP contribution in [0.5, 0.6) is 0 Å². The van der Waals surface area contributed by atoms with Crippen molar-refractivity contribution in [3.05, 3.63) is 28.8 Å². The number of anilines is 1. The number of hydrogen-bond donors (Lipinski definition) is 1. The summed E-state index contributed by atoms with van der Waals surface area (Å²) >= 11 is 6.02. The molecule has 1 N–H and O–H groups in total. The van der Waals surface area contributed by atoms with E-state index in [1.165, 1.54) is 4.31 Å². The Labute approximate surface area is 130 Å². The van der Waals surface area contributed by atoms with Crippen molar-refractivity contribution in [3.8, 4) is 0 Å². The molecule has 118 valence electrons. The molecule has 0 aliphatic heterocycles. The third-order valence-corrected chi connectivity index (χ3v) is 4.36. The first-order chi connectivity index (χ1) is 9.77. The van der Waals surface area contributed by atoms with Crippen molar-refractivity contribution in [1.82, 2.24) is 5.32 Å². The van der Waals surface area contributed by atoms with Gasteiger partial charge in [-0.25, -0.2) is 13.2 Å². The Balaban J connectivity index is 2.88. The molecule has 0 fully saturated rings. The number of alkyl carbamates (subject to hydrolysis) is 1. The highest BCUT2D eigenvalue weighted by Crippen LogP contribution is 2.27. The van der Waals surface area contributed by atoms with Crippen molar-refractivity contribution >= 4 is 33.4 Å². The molecule has 0 aliphatic rings. The zero-order valence-corrected chi connectivity index (χ0v) is 13.8. The van der Waals surface area contributed by atoms with E-state index < -0.39 is 16.1 Å². The first-order valence-corrected chi connectivity index (χ1v) is 8.63. The van der Waals surface area contributed by atoms with Gasteiger partial charge in [-0.05, 0) is 31.5 Å². The van der Waals surface area contributed by atoms with Gasteiger partial charge in [-0.1, -0.05) is 17.7 Å². The smallest absolute Gasteiger partial charge is 0.407 e. The lowest BCUT2D eigenvalue weighted by molar-refractivity contribution is 0.152. The minimum absolute atomic E-state index is 0.0961. The number of ether oxygens (including phenoxy) is 1. The van der Waals surface area contributed by atoms with E-state index in [1.807, 2.05) is 0 Å². The molecular weight excluding hydrogens is 316 g/mol. The van der Waals surface area contributed by atoms with Gasteiger partial charge in [0.15, 0.2) is 0 Å². The molecule has 8 heteroatoms. The van der Waals surface area contributed by atoms with E-state index in [0.29, 0.717) is 16.3 Å². The molecular formula is C13H19ClN2O4S. The van der Waals surface area contributed by atoms with Gasteiger partial charge in [0.05, 0.1) is 25.1 Å². The van der Waals surface area contributed by atoms with E-state index in [4.69, 9.17) is 16.3 Å². The highest BCUT2D eigenvalue weighted by Gasteiger charge is 2.20. The molecule has 0 unspecified atom stereocenters. The second kappa shape index (κ2) is 7.51. The van der Waals surface area contributed by atoms with Crippen molar-refractivity contribution < 1.29 is 17.9 Å². The molecule has 0 aliphatic carbocycles. The molecule has 0 radical (unpaired) electrons. The molecule has 1 aromatic rings. The van der Waals surface area contributed by atoms with E-state index in [1.54, 1.807) is 32.0 Å². The van der Waals surface area contributed by atoms with Gasteiger partial charge in [0, 0.05) is 11.6 Å². The summed E-state index contributed by atoms with van der Waals surface area (Å²) < 4.78 is 29.8. The Morgan fingerprint density at radius 1 is 1.43 bits per heavy atom. The van der Waals surface area contributed by atoms with E-state index in [9.17, 15) is 13.2 Å². The number of sulfonamides is 1. The van der Waals surface area contributed by atoms with Crippen LogP contribution in [-0.2, 0) is 14.8 Å². The highest BCUT2D eigenvalue weighted by atomic mass is 35.5. The van der Waals surface area contributed by atoms with Crippen LogP contribution in [0.4, 0.5) is 10.5 Å². The number of rotatable bonds is 6. The van der Waals surface area contributed by atoms with Gasteiger partial charge in [0.1, 0.15) is 0 Å². The Bertz CT molecular complexity index is 604. The summed E-state index contributed by atoms with van der Waals surface area (Å²) in [7, 11) is -3.48. The van der Waals surface area contributed by atoms with Gasteiger partial charge in [-0.15, -0.1) is 0 Å². The van der Waals surface area contributed by atoms with Crippen LogP contribution in [-0.4, -0.2) is 40.5 Å². The van der Waals surface area contributed by atoms with Crippen LogP contribution in [0.25, 0.3) is 0 Å². The summed E-state index contributed by atoms with van der Waals surface area (Å²) in [6, 6.07) is 5.05. The van der Waals surface area contributed by atoms with Gasteiger partial charge < -0.3 is 10.1 Å². The van der Waals surface area contributed by atoms with Crippen LogP contribution in [0.2, 0.25) is 5.02 Å². The summed E-state index contributed by atoms with van der Waals surface area (Å²) in [5.74, 6) is 0. The fraction of sp³-hybridized carbons (Fsp3) is 0.462. The van der Waals surface area contributed by atoms with Gasteiger partial charge >= 0.3 is 6.09 Å². The third-order valence-electron chi connectivity index (χ3n) is 2.77. The lowest BCUT2D eigenvalue weighted by atomic mass is 10.2. The number of benzene rings is 1. The van der Waals surface area contributed by atoms with Crippen LogP contribution in [0.3, 0.4) is 0 Å². The van der Waals surface area contributed by atoms with Crippen LogP contribution >= 0.6 is 11.6 Å². The molecule has 1 aromatic carbocycles. The summed E-state index contributed by atoms with van der Waals surface area (Å²) in [6.07, 6.45) is 0.534.